The van der Waals surface area contributed by atoms with Crippen LogP contribution in [0.1, 0.15) is 19.4 Å². The second-order valence-corrected chi connectivity index (χ2v) is 4.11. The van der Waals surface area contributed by atoms with Crippen LogP contribution < -0.4 is 0 Å². The molecular weight excluding hydrogens is 247 g/mol. The molecule has 0 heterocycles. The van der Waals surface area contributed by atoms with Crippen molar-refractivity contribution in [3.63, 3.8) is 0 Å². The predicted octanol–water partition coefficient (Wildman–Crippen LogP) is 3.96. The van der Waals surface area contributed by atoms with Crippen molar-refractivity contribution in [2.24, 2.45) is 0 Å². The second-order valence-electron chi connectivity index (χ2n) is 3.24. The minimum absolute atomic E-state index is 0.360. The minimum atomic E-state index is -0.365. The van der Waals surface area contributed by atoms with Gasteiger partial charge in [-0.05, 0) is 43.2 Å². The van der Waals surface area contributed by atoms with Gasteiger partial charge in [-0.25, -0.2) is 4.79 Å². The van der Waals surface area contributed by atoms with Gasteiger partial charge in [-0.3, -0.25) is 0 Å². The molecule has 0 atom stereocenters. The number of rotatable bonds is 3. The van der Waals surface area contributed by atoms with Crippen LogP contribution in [0.2, 0.25) is 10.0 Å². The molecule has 1 aromatic rings. The molecule has 0 unspecified atom stereocenters. The van der Waals surface area contributed by atoms with E-state index in [1.807, 2.05) is 0 Å². The molecule has 4 heteroatoms. The number of carbonyl (C=O) groups is 1. The van der Waals surface area contributed by atoms with Crippen molar-refractivity contribution in [2.75, 3.05) is 6.61 Å². The molecule has 0 aliphatic heterocycles. The molecule has 0 fully saturated rings. The molecule has 0 radical (unpaired) electrons. The van der Waals surface area contributed by atoms with Gasteiger partial charge >= 0.3 is 5.97 Å². The summed E-state index contributed by atoms with van der Waals surface area (Å²) in [5.74, 6) is -0.365. The Labute approximate surface area is 105 Å². The molecule has 1 rings (SSSR count). The number of hydrogen-bond acceptors (Lipinski definition) is 2. The number of allylic oxidation sites excluding steroid dienone is 1. The highest BCUT2D eigenvalue weighted by molar-refractivity contribution is 6.34. The van der Waals surface area contributed by atoms with Crippen molar-refractivity contribution in [3.8, 4) is 0 Å². The first-order valence-corrected chi connectivity index (χ1v) is 5.60. The summed E-state index contributed by atoms with van der Waals surface area (Å²) in [5, 5.41) is 1.08. The molecule has 0 saturated heterocycles. The summed E-state index contributed by atoms with van der Waals surface area (Å²) in [6.07, 6.45) is 1.42. The molecule has 0 bridgehead atoms. The smallest absolute Gasteiger partial charge is 0.331 e. The molecule has 16 heavy (non-hydrogen) atoms. The van der Waals surface area contributed by atoms with Crippen LogP contribution in [-0.4, -0.2) is 12.6 Å². The SMILES string of the molecule is CCOC(=O)/C=C(\C)c1cc(Cl)cc(Cl)c1. The largest absolute Gasteiger partial charge is 0.463 e. The maximum absolute atomic E-state index is 11.2. The summed E-state index contributed by atoms with van der Waals surface area (Å²) >= 11 is 11.7. The Balaban J connectivity index is 2.95. The first kappa shape index (κ1) is 13.1. The van der Waals surface area contributed by atoms with E-state index in [0.29, 0.717) is 16.7 Å². The zero-order valence-electron chi connectivity index (χ0n) is 9.09. The second kappa shape index (κ2) is 5.92. The Bertz CT molecular complexity index is 405. The van der Waals surface area contributed by atoms with Crippen molar-refractivity contribution < 1.29 is 9.53 Å². The van der Waals surface area contributed by atoms with Gasteiger partial charge in [0.2, 0.25) is 0 Å². The van der Waals surface area contributed by atoms with E-state index in [1.165, 1.54) is 6.08 Å². The van der Waals surface area contributed by atoms with Crippen molar-refractivity contribution in [3.05, 3.63) is 39.9 Å². The highest BCUT2D eigenvalue weighted by Gasteiger charge is 2.03. The van der Waals surface area contributed by atoms with Crippen LogP contribution in [0.4, 0.5) is 0 Å². The normalized spacial score (nSPS) is 11.4. The van der Waals surface area contributed by atoms with E-state index in [4.69, 9.17) is 27.9 Å². The number of ether oxygens (including phenoxy) is 1. The van der Waals surface area contributed by atoms with Gasteiger partial charge in [-0.2, -0.15) is 0 Å². The zero-order valence-corrected chi connectivity index (χ0v) is 10.6. The van der Waals surface area contributed by atoms with Crippen LogP contribution in [0.5, 0.6) is 0 Å². The molecule has 0 spiro atoms. The summed E-state index contributed by atoms with van der Waals surface area (Å²) in [4.78, 5) is 11.2. The summed E-state index contributed by atoms with van der Waals surface area (Å²) in [6, 6.07) is 5.14. The predicted molar refractivity (Wildman–Crippen MR) is 66.7 cm³/mol. The average Bonchev–Trinajstić information content (AvgIpc) is 2.16. The van der Waals surface area contributed by atoms with Crippen molar-refractivity contribution in [2.45, 2.75) is 13.8 Å². The van der Waals surface area contributed by atoms with Crippen LogP contribution in [-0.2, 0) is 9.53 Å². The monoisotopic (exact) mass is 258 g/mol. The lowest BCUT2D eigenvalue weighted by Crippen LogP contribution is -2.00. The van der Waals surface area contributed by atoms with E-state index >= 15 is 0 Å². The van der Waals surface area contributed by atoms with E-state index < -0.39 is 0 Å². The number of carbonyl (C=O) groups excluding carboxylic acids is 1. The fourth-order valence-electron chi connectivity index (χ4n) is 1.23. The summed E-state index contributed by atoms with van der Waals surface area (Å²) in [7, 11) is 0. The molecule has 2 nitrogen and oxygen atoms in total. The van der Waals surface area contributed by atoms with Gasteiger partial charge in [0, 0.05) is 16.1 Å². The number of benzene rings is 1. The Morgan fingerprint density at radius 1 is 1.31 bits per heavy atom. The van der Waals surface area contributed by atoms with Crippen molar-refractivity contribution >= 4 is 34.7 Å². The van der Waals surface area contributed by atoms with Crippen LogP contribution in [0, 0.1) is 0 Å². The summed E-state index contributed by atoms with van der Waals surface area (Å²) < 4.78 is 4.81. The first-order valence-electron chi connectivity index (χ1n) is 4.84. The number of halogens is 2. The van der Waals surface area contributed by atoms with E-state index in [0.717, 1.165) is 11.1 Å². The molecule has 1 aromatic carbocycles. The van der Waals surface area contributed by atoms with Gasteiger partial charge in [-0.1, -0.05) is 23.2 Å². The van der Waals surface area contributed by atoms with E-state index in [9.17, 15) is 4.79 Å². The Hall–Kier alpha value is -0.990. The maximum Gasteiger partial charge on any atom is 0.331 e. The average molecular weight is 259 g/mol. The minimum Gasteiger partial charge on any atom is -0.463 e. The highest BCUT2D eigenvalue weighted by atomic mass is 35.5. The van der Waals surface area contributed by atoms with Crippen LogP contribution in [0.3, 0.4) is 0 Å². The van der Waals surface area contributed by atoms with Gasteiger partial charge in [0.1, 0.15) is 0 Å². The molecule has 0 N–H and O–H groups in total. The van der Waals surface area contributed by atoms with Crippen molar-refractivity contribution in [1.29, 1.82) is 0 Å². The van der Waals surface area contributed by atoms with Gasteiger partial charge in [0.15, 0.2) is 0 Å². The van der Waals surface area contributed by atoms with Crippen molar-refractivity contribution in [1.82, 2.24) is 0 Å². The maximum atomic E-state index is 11.2. The van der Waals surface area contributed by atoms with E-state index in [1.54, 1.807) is 32.0 Å². The van der Waals surface area contributed by atoms with Gasteiger partial charge in [-0.15, -0.1) is 0 Å². The topological polar surface area (TPSA) is 26.3 Å². The third-order valence-corrected chi connectivity index (χ3v) is 2.38. The van der Waals surface area contributed by atoms with Crippen LogP contribution in [0.15, 0.2) is 24.3 Å². The molecule has 0 amide bonds. The molecule has 0 aliphatic carbocycles. The Morgan fingerprint density at radius 2 is 1.88 bits per heavy atom. The lowest BCUT2D eigenvalue weighted by Gasteiger charge is -2.03. The Kier molecular flexibility index (Phi) is 4.84. The lowest BCUT2D eigenvalue weighted by atomic mass is 10.1. The molecular formula is C12H12Cl2O2. The third kappa shape index (κ3) is 3.87. The van der Waals surface area contributed by atoms with E-state index in [2.05, 4.69) is 0 Å². The number of esters is 1. The first-order chi connectivity index (χ1) is 7.52. The van der Waals surface area contributed by atoms with Gasteiger partial charge in [0.25, 0.3) is 0 Å². The summed E-state index contributed by atoms with van der Waals surface area (Å²) in [6.45, 7) is 3.93. The highest BCUT2D eigenvalue weighted by Crippen LogP contribution is 2.23. The third-order valence-electron chi connectivity index (χ3n) is 1.94. The van der Waals surface area contributed by atoms with Crippen LogP contribution in [0.25, 0.3) is 5.57 Å². The van der Waals surface area contributed by atoms with Gasteiger partial charge < -0.3 is 4.74 Å². The fraction of sp³-hybridized carbons (Fsp3) is 0.250. The molecule has 0 saturated carbocycles. The quantitative estimate of drug-likeness (QED) is 0.606. The lowest BCUT2D eigenvalue weighted by molar-refractivity contribution is -0.137. The molecule has 0 aromatic heterocycles. The standard InChI is InChI=1S/C12H12Cl2O2/c1-3-16-12(15)4-8(2)9-5-10(13)7-11(14)6-9/h4-7H,3H2,1-2H3/b8-4+. The molecule has 86 valence electrons. The van der Waals surface area contributed by atoms with E-state index in [-0.39, 0.29) is 5.97 Å². The Morgan fingerprint density at radius 3 is 2.38 bits per heavy atom. The van der Waals surface area contributed by atoms with Gasteiger partial charge in [0.05, 0.1) is 6.61 Å². The summed E-state index contributed by atoms with van der Waals surface area (Å²) in [5.41, 5.74) is 1.58. The zero-order chi connectivity index (χ0) is 12.1. The van der Waals surface area contributed by atoms with Crippen LogP contribution >= 0.6 is 23.2 Å². The number of hydrogen-bond donors (Lipinski definition) is 0. The fourth-order valence-corrected chi connectivity index (χ4v) is 1.75. The molecule has 0 aliphatic rings.